The molecule has 1 aliphatic rings. The van der Waals surface area contributed by atoms with E-state index in [-0.39, 0.29) is 17.2 Å². The number of aromatic nitrogens is 1. The minimum Gasteiger partial charge on any atom is -0.383 e. The Morgan fingerprint density at radius 3 is 2.61 bits per heavy atom. The van der Waals surface area contributed by atoms with Crippen molar-refractivity contribution in [2.75, 3.05) is 43.6 Å². The Balaban J connectivity index is 1.59. The third-order valence-electron chi connectivity index (χ3n) is 5.27. The van der Waals surface area contributed by atoms with Crippen molar-refractivity contribution in [1.29, 1.82) is 0 Å². The number of nitrogens with zero attached hydrogens (tertiary/aromatic N) is 3. The number of benzene rings is 1. The topological polar surface area (TPSA) is 110 Å². The van der Waals surface area contributed by atoms with Gasteiger partial charge in [0.15, 0.2) is 0 Å². The van der Waals surface area contributed by atoms with Crippen molar-refractivity contribution in [3.8, 4) is 0 Å². The fraction of sp³-hybridized carbons (Fsp3) is 0.455. The number of nitro groups is 1. The van der Waals surface area contributed by atoms with Gasteiger partial charge in [-0.3, -0.25) is 14.9 Å². The molecule has 0 bridgehead atoms. The van der Waals surface area contributed by atoms with Crippen molar-refractivity contribution in [2.24, 2.45) is 0 Å². The lowest BCUT2D eigenvalue weighted by atomic mass is 10.1. The van der Waals surface area contributed by atoms with E-state index >= 15 is 0 Å². The smallest absolute Gasteiger partial charge is 0.293 e. The number of pyridine rings is 1. The minimum absolute atomic E-state index is 0.146. The predicted molar refractivity (Wildman–Crippen MR) is 120 cm³/mol. The number of carbonyl (C=O) groups is 1. The Labute approximate surface area is 182 Å². The zero-order chi connectivity index (χ0) is 22.1. The molecule has 9 heteroatoms. The molecule has 0 atom stereocenters. The van der Waals surface area contributed by atoms with Crippen molar-refractivity contribution in [2.45, 2.75) is 32.2 Å². The van der Waals surface area contributed by atoms with Crippen molar-refractivity contribution in [3.05, 3.63) is 57.8 Å². The number of anilines is 2. The predicted octanol–water partition coefficient (Wildman–Crippen LogP) is 3.36. The second-order valence-corrected chi connectivity index (χ2v) is 7.52. The maximum Gasteiger partial charge on any atom is 0.293 e. The third-order valence-corrected chi connectivity index (χ3v) is 5.27. The molecule has 0 radical (unpaired) electrons. The van der Waals surface area contributed by atoms with Crippen LogP contribution < -0.4 is 15.5 Å². The first-order valence-electron chi connectivity index (χ1n) is 10.6. The summed E-state index contributed by atoms with van der Waals surface area (Å²) in [6.07, 6.45) is 6.68. The molecule has 166 valence electrons. The number of hydrogen-bond donors (Lipinski definition) is 2. The summed E-state index contributed by atoms with van der Waals surface area (Å²) >= 11 is 0. The molecule has 2 heterocycles. The van der Waals surface area contributed by atoms with E-state index in [0.717, 1.165) is 24.5 Å². The summed E-state index contributed by atoms with van der Waals surface area (Å²) < 4.78 is 4.94. The molecular formula is C22H29N5O4. The zero-order valence-electron chi connectivity index (χ0n) is 17.8. The van der Waals surface area contributed by atoms with Crippen LogP contribution in [0.1, 0.15) is 41.6 Å². The maximum absolute atomic E-state index is 12.5. The number of ether oxygens (including phenoxy) is 1. The molecule has 9 nitrogen and oxygen atoms in total. The van der Waals surface area contributed by atoms with Gasteiger partial charge in [0.1, 0.15) is 11.5 Å². The highest BCUT2D eigenvalue weighted by Gasteiger charge is 2.17. The quantitative estimate of drug-likeness (QED) is 0.359. The second kappa shape index (κ2) is 11.3. The summed E-state index contributed by atoms with van der Waals surface area (Å²) in [6.45, 7) is 3.21. The van der Waals surface area contributed by atoms with E-state index in [4.69, 9.17) is 4.74 Å². The normalized spacial score (nSPS) is 14.0. The summed E-state index contributed by atoms with van der Waals surface area (Å²) in [4.78, 5) is 30.2. The number of nitrogens with one attached hydrogen (secondary N) is 2. The van der Waals surface area contributed by atoms with E-state index in [1.807, 2.05) is 12.1 Å². The van der Waals surface area contributed by atoms with Crippen LogP contribution in [0.3, 0.4) is 0 Å². The highest BCUT2D eigenvalue weighted by atomic mass is 16.6. The molecule has 1 fully saturated rings. The van der Waals surface area contributed by atoms with E-state index in [0.29, 0.717) is 25.4 Å². The van der Waals surface area contributed by atoms with Gasteiger partial charge in [-0.15, -0.1) is 0 Å². The highest BCUT2D eigenvalue weighted by Crippen LogP contribution is 2.25. The molecule has 1 saturated heterocycles. The third kappa shape index (κ3) is 6.39. The van der Waals surface area contributed by atoms with E-state index in [1.165, 1.54) is 31.7 Å². The fourth-order valence-electron chi connectivity index (χ4n) is 3.55. The van der Waals surface area contributed by atoms with Gasteiger partial charge in [-0.1, -0.05) is 18.9 Å². The molecule has 0 aliphatic carbocycles. The molecule has 1 amide bonds. The first-order valence-corrected chi connectivity index (χ1v) is 10.6. The van der Waals surface area contributed by atoms with Gasteiger partial charge in [0.2, 0.25) is 0 Å². The minimum atomic E-state index is -0.503. The van der Waals surface area contributed by atoms with Crippen molar-refractivity contribution < 1.29 is 14.5 Å². The molecule has 2 N–H and O–H groups in total. The Hall–Kier alpha value is -3.20. The largest absolute Gasteiger partial charge is 0.383 e. The molecule has 2 aromatic rings. The highest BCUT2D eigenvalue weighted by molar-refractivity contribution is 5.95. The molecule has 1 aromatic heterocycles. The molecule has 1 aliphatic heterocycles. The van der Waals surface area contributed by atoms with Gasteiger partial charge >= 0.3 is 0 Å². The van der Waals surface area contributed by atoms with Crippen LogP contribution in [-0.4, -0.2) is 49.2 Å². The zero-order valence-corrected chi connectivity index (χ0v) is 17.8. The van der Waals surface area contributed by atoms with E-state index in [9.17, 15) is 14.9 Å². The molecule has 1 aromatic carbocycles. The van der Waals surface area contributed by atoms with Gasteiger partial charge in [0.25, 0.3) is 11.6 Å². The van der Waals surface area contributed by atoms with Crippen LogP contribution in [0.2, 0.25) is 0 Å². The average molecular weight is 428 g/mol. The number of methoxy groups -OCH3 is 1. The van der Waals surface area contributed by atoms with Crippen LogP contribution in [0, 0.1) is 10.1 Å². The van der Waals surface area contributed by atoms with Crippen molar-refractivity contribution in [1.82, 2.24) is 10.3 Å². The Bertz CT molecular complexity index is 880. The van der Waals surface area contributed by atoms with Crippen LogP contribution in [0.4, 0.5) is 17.2 Å². The van der Waals surface area contributed by atoms with Gasteiger partial charge in [-0.2, -0.15) is 0 Å². The van der Waals surface area contributed by atoms with Crippen LogP contribution in [0.25, 0.3) is 0 Å². The van der Waals surface area contributed by atoms with Gasteiger partial charge in [0.05, 0.1) is 11.5 Å². The fourth-order valence-corrected chi connectivity index (χ4v) is 3.55. The number of nitro benzene ring substituents is 1. The van der Waals surface area contributed by atoms with Crippen LogP contribution >= 0.6 is 0 Å². The van der Waals surface area contributed by atoms with E-state index in [1.54, 1.807) is 25.4 Å². The summed E-state index contributed by atoms with van der Waals surface area (Å²) in [7, 11) is 1.56. The monoisotopic (exact) mass is 427 g/mol. The average Bonchev–Trinajstić information content (AvgIpc) is 3.07. The lowest BCUT2D eigenvalue weighted by Gasteiger charge is -2.21. The molecular weight excluding hydrogens is 398 g/mol. The lowest BCUT2D eigenvalue weighted by molar-refractivity contribution is -0.384. The van der Waals surface area contributed by atoms with Gasteiger partial charge in [0, 0.05) is 51.1 Å². The molecule has 31 heavy (non-hydrogen) atoms. The molecule has 3 rings (SSSR count). The molecule has 0 unspecified atom stereocenters. The number of amides is 1. The van der Waals surface area contributed by atoms with Gasteiger partial charge in [-0.25, -0.2) is 4.98 Å². The van der Waals surface area contributed by atoms with Gasteiger partial charge < -0.3 is 20.3 Å². The van der Waals surface area contributed by atoms with Crippen LogP contribution in [0.15, 0.2) is 36.5 Å². The SMILES string of the molecule is COCCNc1ccc(C(=O)NCc2ccc(N3CCCCCC3)nc2)cc1[N+](=O)[O-]. The van der Waals surface area contributed by atoms with Gasteiger partial charge in [-0.05, 0) is 36.6 Å². The van der Waals surface area contributed by atoms with Crippen molar-refractivity contribution in [3.63, 3.8) is 0 Å². The Morgan fingerprint density at radius 1 is 1.19 bits per heavy atom. The Morgan fingerprint density at radius 2 is 1.97 bits per heavy atom. The van der Waals surface area contributed by atoms with E-state index < -0.39 is 4.92 Å². The second-order valence-electron chi connectivity index (χ2n) is 7.52. The maximum atomic E-state index is 12.5. The number of carbonyl (C=O) groups excluding carboxylic acids is 1. The summed E-state index contributed by atoms with van der Waals surface area (Å²) in [5, 5.41) is 17.1. The van der Waals surface area contributed by atoms with Crippen LogP contribution in [-0.2, 0) is 11.3 Å². The lowest BCUT2D eigenvalue weighted by Crippen LogP contribution is -2.25. The summed E-state index contributed by atoms with van der Waals surface area (Å²) in [5.74, 6) is 0.590. The summed E-state index contributed by atoms with van der Waals surface area (Å²) in [5.41, 5.74) is 1.32. The van der Waals surface area contributed by atoms with E-state index in [2.05, 4.69) is 20.5 Å². The summed E-state index contributed by atoms with van der Waals surface area (Å²) in [6, 6.07) is 8.33. The molecule has 0 spiro atoms. The number of hydrogen-bond acceptors (Lipinski definition) is 7. The standard InChI is InChI=1S/C22H29N5O4/c1-31-13-10-23-19-8-7-18(14-20(19)27(29)30)22(28)25-16-17-6-9-21(24-15-17)26-11-4-2-3-5-12-26/h6-9,14-15,23H,2-5,10-13,16H2,1H3,(H,25,28). The first kappa shape index (κ1) is 22.5. The van der Waals surface area contributed by atoms with Crippen molar-refractivity contribution >= 4 is 23.1 Å². The molecule has 0 saturated carbocycles. The van der Waals surface area contributed by atoms with Crippen LogP contribution in [0.5, 0.6) is 0 Å². The number of rotatable bonds is 9. The Kier molecular flexibility index (Phi) is 8.17. The first-order chi connectivity index (χ1) is 15.1.